The number of rotatable bonds is 3. The van der Waals surface area contributed by atoms with Gasteiger partial charge in [-0.25, -0.2) is 9.78 Å². The molecule has 1 aliphatic carbocycles. The summed E-state index contributed by atoms with van der Waals surface area (Å²) in [6.07, 6.45) is 2.27. The van der Waals surface area contributed by atoms with Gasteiger partial charge in [0.15, 0.2) is 11.9 Å². The third-order valence-electron chi connectivity index (χ3n) is 4.75. The van der Waals surface area contributed by atoms with Crippen LogP contribution in [0.5, 0.6) is 0 Å². The summed E-state index contributed by atoms with van der Waals surface area (Å²) in [7, 11) is 0. The van der Waals surface area contributed by atoms with E-state index in [2.05, 4.69) is 4.98 Å². The molecule has 1 fully saturated rings. The molecule has 4 nitrogen and oxygen atoms in total. The lowest BCUT2D eigenvalue weighted by Gasteiger charge is -2.21. The molecule has 26 heavy (non-hydrogen) atoms. The van der Waals surface area contributed by atoms with Crippen molar-refractivity contribution in [3.8, 4) is 11.3 Å². The van der Waals surface area contributed by atoms with Crippen LogP contribution >= 0.6 is 0 Å². The van der Waals surface area contributed by atoms with E-state index in [9.17, 15) is 9.59 Å². The number of Topliss-reactive ketones (excluding diaryl/α,β-unsaturated/α-hetero) is 1. The summed E-state index contributed by atoms with van der Waals surface area (Å²) in [5.41, 5.74) is 2.83. The highest BCUT2D eigenvalue weighted by Gasteiger charge is 2.27. The van der Waals surface area contributed by atoms with Crippen molar-refractivity contribution in [1.82, 2.24) is 4.98 Å². The van der Waals surface area contributed by atoms with Gasteiger partial charge in [-0.2, -0.15) is 0 Å². The molecule has 3 aromatic rings. The minimum absolute atomic E-state index is 0.0197. The smallest absolute Gasteiger partial charge is 0.339 e. The first-order valence-electron chi connectivity index (χ1n) is 8.91. The van der Waals surface area contributed by atoms with Crippen molar-refractivity contribution in [2.45, 2.75) is 31.8 Å². The van der Waals surface area contributed by atoms with Crippen LogP contribution in [0, 0.1) is 0 Å². The van der Waals surface area contributed by atoms with Gasteiger partial charge in [0.2, 0.25) is 0 Å². The predicted molar refractivity (Wildman–Crippen MR) is 99.9 cm³/mol. The number of pyridine rings is 1. The number of fused-ring (bicyclic) bond motifs is 1. The highest BCUT2D eigenvalue weighted by molar-refractivity contribution is 6.05. The maximum absolute atomic E-state index is 12.9. The van der Waals surface area contributed by atoms with Crippen molar-refractivity contribution >= 4 is 22.7 Å². The van der Waals surface area contributed by atoms with E-state index in [1.165, 1.54) is 0 Å². The van der Waals surface area contributed by atoms with E-state index < -0.39 is 12.1 Å². The maximum atomic E-state index is 12.9. The Hall–Kier alpha value is -3.01. The number of carbonyl (C=O) groups is 2. The molecule has 4 heteroatoms. The molecule has 1 unspecified atom stereocenters. The normalized spacial score (nSPS) is 17.2. The topological polar surface area (TPSA) is 56.3 Å². The SMILES string of the molecule is O=C(OC1CCCCC1=O)c1cc(-c2ccccc2)nc2ccccc12. The van der Waals surface area contributed by atoms with Crippen LogP contribution in [-0.4, -0.2) is 22.8 Å². The zero-order chi connectivity index (χ0) is 17.9. The average Bonchev–Trinajstić information content (AvgIpc) is 2.69. The van der Waals surface area contributed by atoms with Gasteiger partial charge in [-0.3, -0.25) is 4.79 Å². The molecule has 1 aliphatic rings. The highest BCUT2D eigenvalue weighted by Crippen LogP contribution is 2.26. The lowest BCUT2D eigenvalue weighted by atomic mass is 9.96. The quantitative estimate of drug-likeness (QED) is 0.653. The van der Waals surface area contributed by atoms with Gasteiger partial charge < -0.3 is 4.74 Å². The molecular formula is C22H19NO3. The van der Waals surface area contributed by atoms with Crippen molar-refractivity contribution in [1.29, 1.82) is 0 Å². The van der Waals surface area contributed by atoms with E-state index >= 15 is 0 Å². The molecular weight excluding hydrogens is 326 g/mol. The second-order valence-corrected chi connectivity index (χ2v) is 6.54. The number of esters is 1. The molecule has 0 radical (unpaired) electrons. The lowest BCUT2D eigenvalue weighted by molar-refractivity contribution is -0.129. The fourth-order valence-electron chi connectivity index (χ4n) is 3.37. The first kappa shape index (κ1) is 16.5. The van der Waals surface area contributed by atoms with Crippen LogP contribution in [0.3, 0.4) is 0 Å². The fourth-order valence-corrected chi connectivity index (χ4v) is 3.37. The zero-order valence-corrected chi connectivity index (χ0v) is 14.4. The van der Waals surface area contributed by atoms with Gasteiger partial charge in [0.05, 0.1) is 16.8 Å². The summed E-state index contributed by atoms with van der Waals surface area (Å²) in [6, 6.07) is 19.0. The Morgan fingerprint density at radius 1 is 1.00 bits per heavy atom. The second kappa shape index (κ2) is 7.08. The molecule has 4 rings (SSSR count). The number of carbonyl (C=O) groups excluding carboxylic acids is 2. The maximum Gasteiger partial charge on any atom is 0.339 e. The van der Waals surface area contributed by atoms with Crippen LogP contribution in [0.2, 0.25) is 0 Å². The second-order valence-electron chi connectivity index (χ2n) is 6.54. The van der Waals surface area contributed by atoms with Crippen LogP contribution in [0.1, 0.15) is 36.0 Å². The lowest BCUT2D eigenvalue weighted by Crippen LogP contribution is -2.30. The first-order valence-corrected chi connectivity index (χ1v) is 8.91. The van der Waals surface area contributed by atoms with E-state index in [-0.39, 0.29) is 5.78 Å². The van der Waals surface area contributed by atoms with E-state index in [1.54, 1.807) is 6.07 Å². The number of ether oxygens (including phenoxy) is 1. The first-order chi connectivity index (χ1) is 12.7. The van der Waals surface area contributed by atoms with Gasteiger partial charge in [0.1, 0.15) is 0 Å². The third kappa shape index (κ3) is 3.23. The summed E-state index contributed by atoms with van der Waals surface area (Å²) in [5.74, 6) is -0.438. The van der Waals surface area contributed by atoms with Crippen LogP contribution in [-0.2, 0) is 9.53 Å². The fraction of sp³-hybridized carbons (Fsp3) is 0.227. The van der Waals surface area contributed by atoms with Crippen LogP contribution in [0.4, 0.5) is 0 Å². The molecule has 0 bridgehead atoms. The van der Waals surface area contributed by atoms with Gasteiger partial charge in [0, 0.05) is 17.4 Å². The Morgan fingerprint density at radius 2 is 1.77 bits per heavy atom. The zero-order valence-electron chi connectivity index (χ0n) is 14.4. The number of aromatic nitrogens is 1. The van der Waals surface area contributed by atoms with Crippen molar-refractivity contribution in [2.24, 2.45) is 0 Å². The predicted octanol–water partition coefficient (Wildman–Crippen LogP) is 4.57. The molecule has 1 heterocycles. The van der Waals surface area contributed by atoms with Crippen LogP contribution < -0.4 is 0 Å². The van der Waals surface area contributed by atoms with Gasteiger partial charge in [-0.15, -0.1) is 0 Å². The van der Waals surface area contributed by atoms with Crippen molar-refractivity contribution < 1.29 is 14.3 Å². The molecule has 0 aliphatic heterocycles. The largest absolute Gasteiger partial charge is 0.451 e. The van der Waals surface area contributed by atoms with Crippen LogP contribution in [0.25, 0.3) is 22.2 Å². The van der Waals surface area contributed by atoms with Crippen molar-refractivity contribution in [3.63, 3.8) is 0 Å². The Bertz CT molecular complexity index is 966. The minimum atomic E-state index is -0.622. The highest BCUT2D eigenvalue weighted by atomic mass is 16.5. The molecule has 0 spiro atoms. The molecule has 1 atom stereocenters. The summed E-state index contributed by atoms with van der Waals surface area (Å²) in [6.45, 7) is 0. The summed E-state index contributed by atoms with van der Waals surface area (Å²) >= 11 is 0. The monoisotopic (exact) mass is 345 g/mol. The number of para-hydroxylation sites is 1. The Morgan fingerprint density at radius 3 is 2.58 bits per heavy atom. The van der Waals surface area contributed by atoms with E-state index in [0.717, 1.165) is 29.3 Å². The molecule has 0 amide bonds. The van der Waals surface area contributed by atoms with Gasteiger partial charge in [0.25, 0.3) is 0 Å². The Balaban J connectivity index is 1.75. The molecule has 1 aromatic heterocycles. The van der Waals surface area contributed by atoms with Crippen molar-refractivity contribution in [2.75, 3.05) is 0 Å². The molecule has 2 aromatic carbocycles. The number of hydrogen-bond acceptors (Lipinski definition) is 4. The number of ketones is 1. The van der Waals surface area contributed by atoms with Gasteiger partial charge in [-0.1, -0.05) is 48.5 Å². The average molecular weight is 345 g/mol. The summed E-state index contributed by atoms with van der Waals surface area (Å²) < 4.78 is 5.57. The van der Waals surface area contributed by atoms with Crippen molar-refractivity contribution in [3.05, 3.63) is 66.2 Å². The Labute approximate surface area is 151 Å². The summed E-state index contributed by atoms with van der Waals surface area (Å²) in [4.78, 5) is 29.6. The van der Waals surface area contributed by atoms with E-state index in [4.69, 9.17) is 4.74 Å². The third-order valence-corrected chi connectivity index (χ3v) is 4.75. The Kier molecular flexibility index (Phi) is 4.48. The standard InChI is InChI=1S/C22H19NO3/c24-20-12-6-7-13-21(20)26-22(25)17-14-19(15-8-2-1-3-9-15)23-18-11-5-4-10-16(17)18/h1-5,8-11,14,21H,6-7,12-13H2. The van der Waals surface area contributed by atoms with Crippen LogP contribution in [0.15, 0.2) is 60.7 Å². The molecule has 1 saturated carbocycles. The minimum Gasteiger partial charge on any atom is -0.451 e. The van der Waals surface area contributed by atoms with E-state index in [0.29, 0.717) is 24.1 Å². The number of hydrogen-bond donors (Lipinski definition) is 0. The molecule has 130 valence electrons. The van der Waals surface area contributed by atoms with Gasteiger partial charge >= 0.3 is 5.97 Å². The van der Waals surface area contributed by atoms with Gasteiger partial charge in [-0.05, 0) is 31.4 Å². The van der Waals surface area contributed by atoms with E-state index in [1.807, 2.05) is 54.6 Å². The number of benzene rings is 2. The summed E-state index contributed by atoms with van der Waals surface area (Å²) in [5, 5.41) is 0.737. The molecule has 0 saturated heterocycles. The molecule has 0 N–H and O–H groups in total. The number of nitrogens with zero attached hydrogens (tertiary/aromatic N) is 1.